The van der Waals surface area contributed by atoms with Crippen molar-refractivity contribution in [3.63, 3.8) is 0 Å². The maximum atomic E-state index is 10.8. The topological polar surface area (TPSA) is 64.5 Å². The van der Waals surface area contributed by atoms with Gasteiger partial charge in [0.15, 0.2) is 0 Å². The van der Waals surface area contributed by atoms with Gasteiger partial charge in [-0.3, -0.25) is 5.43 Å². The van der Waals surface area contributed by atoms with Crippen molar-refractivity contribution in [1.82, 2.24) is 0 Å². The summed E-state index contributed by atoms with van der Waals surface area (Å²) in [5.74, 6) is -1.33. The largest absolute Gasteiger partial charge is 0.545 e. The van der Waals surface area contributed by atoms with E-state index in [2.05, 4.69) is 10.5 Å². The summed E-state index contributed by atoms with van der Waals surface area (Å²) in [6.07, 6.45) is 1.59. The lowest BCUT2D eigenvalue weighted by atomic mass is 10.2. The first-order valence-corrected chi connectivity index (χ1v) is 6.37. The molecule has 2 rings (SSSR count). The predicted molar refractivity (Wildman–Crippen MR) is 78.5 cm³/mol. The number of hydrazone groups is 1. The second kappa shape index (κ2) is 6.41. The summed E-state index contributed by atoms with van der Waals surface area (Å²) in [6.45, 7) is 0. The third-order valence-corrected chi connectivity index (χ3v) is 3.05. The fourth-order valence-electron chi connectivity index (χ4n) is 1.48. The predicted octanol–water partition coefficient (Wildman–Crippen LogP) is 2.80. The number of halogens is 2. The fraction of sp³-hybridized carbons (Fsp3) is 0. The minimum absolute atomic E-state index is 0.0849. The molecule has 0 aliphatic rings. The summed E-state index contributed by atoms with van der Waals surface area (Å²) in [5.41, 5.74) is 3.99. The normalized spacial score (nSPS) is 10.7. The molecule has 1 N–H and O–H groups in total. The first-order chi connectivity index (χ1) is 9.56. The van der Waals surface area contributed by atoms with Gasteiger partial charge in [0.25, 0.3) is 0 Å². The average molecular weight is 308 g/mol. The molecule has 0 aliphatic carbocycles. The van der Waals surface area contributed by atoms with Crippen molar-refractivity contribution in [2.45, 2.75) is 0 Å². The quantitative estimate of drug-likeness (QED) is 0.698. The van der Waals surface area contributed by atoms with Gasteiger partial charge >= 0.3 is 0 Å². The molecule has 0 spiro atoms. The van der Waals surface area contributed by atoms with Crippen LogP contribution in [0.15, 0.2) is 47.6 Å². The standard InChI is InChI=1S/C14H10Cl2N2O2/c15-10-3-1-9(2-4-10)8-17-18-11-5-6-13(16)12(7-11)14(19)20/h1-8,18H,(H,19,20)/p-1/b17-8-. The highest BCUT2D eigenvalue weighted by Gasteiger charge is 2.02. The van der Waals surface area contributed by atoms with Crippen molar-refractivity contribution in [1.29, 1.82) is 0 Å². The molecule has 0 radical (unpaired) electrons. The van der Waals surface area contributed by atoms with Crippen molar-refractivity contribution in [2.24, 2.45) is 5.10 Å². The molecule has 4 nitrogen and oxygen atoms in total. The minimum Gasteiger partial charge on any atom is -0.545 e. The number of carbonyl (C=O) groups is 1. The lowest BCUT2D eigenvalue weighted by Crippen LogP contribution is -2.22. The molecule has 20 heavy (non-hydrogen) atoms. The van der Waals surface area contributed by atoms with Gasteiger partial charge in [-0.2, -0.15) is 5.10 Å². The average Bonchev–Trinajstić information content (AvgIpc) is 2.42. The molecule has 0 heterocycles. The molecule has 0 saturated heterocycles. The number of nitrogens with one attached hydrogen (secondary N) is 1. The third kappa shape index (κ3) is 3.73. The number of carboxylic acids is 1. The van der Waals surface area contributed by atoms with Crippen molar-refractivity contribution >= 4 is 41.1 Å². The van der Waals surface area contributed by atoms with E-state index in [0.717, 1.165) is 5.56 Å². The van der Waals surface area contributed by atoms with E-state index in [0.29, 0.717) is 10.7 Å². The fourth-order valence-corrected chi connectivity index (χ4v) is 1.80. The highest BCUT2D eigenvalue weighted by molar-refractivity contribution is 6.33. The van der Waals surface area contributed by atoms with E-state index in [1.165, 1.54) is 12.1 Å². The Morgan fingerprint density at radius 3 is 2.50 bits per heavy atom. The summed E-state index contributed by atoms with van der Waals surface area (Å²) in [4.78, 5) is 10.8. The SMILES string of the molecule is O=C([O-])c1cc(N/N=C\c2ccc(Cl)cc2)ccc1Cl. The Morgan fingerprint density at radius 2 is 1.85 bits per heavy atom. The molecule has 6 heteroatoms. The molecule has 0 saturated carbocycles. The third-order valence-electron chi connectivity index (χ3n) is 2.46. The zero-order valence-electron chi connectivity index (χ0n) is 10.1. The van der Waals surface area contributed by atoms with Gasteiger partial charge in [-0.05, 0) is 35.9 Å². The van der Waals surface area contributed by atoms with Crippen molar-refractivity contribution in [3.8, 4) is 0 Å². The number of hydrogen-bond donors (Lipinski definition) is 1. The zero-order valence-corrected chi connectivity index (χ0v) is 11.7. The van der Waals surface area contributed by atoms with Crippen LogP contribution in [0.4, 0.5) is 5.69 Å². The Hall–Kier alpha value is -2.04. The number of aromatic carboxylic acids is 1. The zero-order chi connectivity index (χ0) is 14.5. The van der Waals surface area contributed by atoms with Gasteiger partial charge in [0.2, 0.25) is 0 Å². The summed E-state index contributed by atoms with van der Waals surface area (Å²) in [7, 11) is 0. The van der Waals surface area contributed by atoms with E-state index in [4.69, 9.17) is 23.2 Å². The van der Waals surface area contributed by atoms with Gasteiger partial charge in [0.05, 0.1) is 17.9 Å². The van der Waals surface area contributed by atoms with E-state index in [1.807, 2.05) is 12.1 Å². The van der Waals surface area contributed by atoms with Gasteiger partial charge in [-0.25, -0.2) is 0 Å². The number of nitrogens with zero attached hydrogens (tertiary/aromatic N) is 1. The molecule has 0 atom stereocenters. The monoisotopic (exact) mass is 307 g/mol. The molecule has 0 aromatic heterocycles. The van der Waals surface area contributed by atoms with Crippen LogP contribution in [-0.2, 0) is 0 Å². The Morgan fingerprint density at radius 1 is 1.15 bits per heavy atom. The summed E-state index contributed by atoms with van der Waals surface area (Å²) in [6, 6.07) is 11.6. The second-order valence-corrected chi connectivity index (χ2v) is 4.75. The summed E-state index contributed by atoms with van der Waals surface area (Å²) < 4.78 is 0. The molecule has 0 bridgehead atoms. The number of anilines is 1. The van der Waals surface area contributed by atoms with Crippen LogP contribution >= 0.6 is 23.2 Å². The lowest BCUT2D eigenvalue weighted by Gasteiger charge is -2.07. The Balaban J connectivity index is 2.09. The highest BCUT2D eigenvalue weighted by Crippen LogP contribution is 2.20. The minimum atomic E-state index is -1.33. The van der Waals surface area contributed by atoms with Crippen molar-refractivity contribution < 1.29 is 9.90 Å². The highest BCUT2D eigenvalue weighted by atomic mass is 35.5. The van der Waals surface area contributed by atoms with Crippen LogP contribution in [0.3, 0.4) is 0 Å². The van der Waals surface area contributed by atoms with E-state index in [1.54, 1.807) is 24.4 Å². The van der Waals surface area contributed by atoms with Crippen LogP contribution in [0.5, 0.6) is 0 Å². The molecular weight excluding hydrogens is 299 g/mol. The van der Waals surface area contributed by atoms with E-state index in [9.17, 15) is 9.90 Å². The first-order valence-electron chi connectivity index (χ1n) is 5.62. The van der Waals surface area contributed by atoms with Crippen LogP contribution < -0.4 is 10.5 Å². The number of carbonyl (C=O) groups excluding carboxylic acids is 1. The number of carboxylic acid groups (broad SMARTS) is 1. The van der Waals surface area contributed by atoms with E-state index in [-0.39, 0.29) is 10.6 Å². The molecule has 0 amide bonds. The summed E-state index contributed by atoms with van der Waals surface area (Å²) in [5, 5.41) is 15.6. The Labute approximate surface area is 125 Å². The number of hydrogen-bond acceptors (Lipinski definition) is 4. The van der Waals surface area contributed by atoms with Crippen LogP contribution in [-0.4, -0.2) is 12.2 Å². The van der Waals surface area contributed by atoms with Crippen molar-refractivity contribution in [3.05, 3.63) is 63.6 Å². The molecule has 0 fully saturated rings. The van der Waals surface area contributed by atoms with Crippen LogP contribution in [0.2, 0.25) is 10.0 Å². The van der Waals surface area contributed by atoms with Crippen LogP contribution in [0.1, 0.15) is 15.9 Å². The van der Waals surface area contributed by atoms with Gasteiger partial charge in [0, 0.05) is 15.6 Å². The van der Waals surface area contributed by atoms with Gasteiger partial charge < -0.3 is 9.90 Å². The Bertz CT molecular complexity index is 655. The van der Waals surface area contributed by atoms with Crippen LogP contribution in [0.25, 0.3) is 0 Å². The number of benzene rings is 2. The smallest absolute Gasteiger partial charge is 0.0731 e. The molecule has 0 unspecified atom stereocenters. The lowest BCUT2D eigenvalue weighted by molar-refractivity contribution is -0.255. The van der Waals surface area contributed by atoms with E-state index >= 15 is 0 Å². The van der Waals surface area contributed by atoms with E-state index < -0.39 is 5.97 Å². The van der Waals surface area contributed by atoms with Gasteiger partial charge in [-0.15, -0.1) is 0 Å². The maximum absolute atomic E-state index is 10.8. The maximum Gasteiger partial charge on any atom is 0.0731 e. The van der Waals surface area contributed by atoms with Crippen molar-refractivity contribution in [2.75, 3.05) is 5.43 Å². The Kier molecular flexibility index (Phi) is 4.61. The van der Waals surface area contributed by atoms with Gasteiger partial charge in [-0.1, -0.05) is 35.3 Å². The summed E-state index contributed by atoms with van der Waals surface area (Å²) >= 11 is 11.5. The first kappa shape index (κ1) is 14.4. The van der Waals surface area contributed by atoms with Gasteiger partial charge in [0.1, 0.15) is 0 Å². The molecular formula is C14H9Cl2N2O2-. The molecule has 2 aromatic rings. The molecule has 0 aliphatic heterocycles. The molecule has 102 valence electrons. The second-order valence-electron chi connectivity index (χ2n) is 3.90. The number of rotatable bonds is 4. The van der Waals surface area contributed by atoms with Crippen LogP contribution in [0, 0.1) is 0 Å². The molecule has 2 aromatic carbocycles.